The zero-order valence-electron chi connectivity index (χ0n) is 18.1. The van der Waals surface area contributed by atoms with Crippen LogP contribution >= 0.6 is 0 Å². The Kier molecular flexibility index (Phi) is 7.22. The second kappa shape index (κ2) is 10.3. The molecule has 0 radical (unpaired) electrons. The molecule has 0 saturated carbocycles. The number of esters is 1. The first-order valence-electron chi connectivity index (χ1n) is 10.0. The molecular formula is C26H27N3O2. The van der Waals surface area contributed by atoms with Crippen LogP contribution in [0, 0.1) is 5.41 Å². The van der Waals surface area contributed by atoms with Crippen LogP contribution in [0.5, 0.6) is 0 Å². The Morgan fingerprint density at radius 1 is 1.06 bits per heavy atom. The van der Waals surface area contributed by atoms with Gasteiger partial charge in [0.1, 0.15) is 0 Å². The number of hydrogen-bond acceptors (Lipinski definition) is 5. The lowest BCUT2D eigenvalue weighted by Crippen LogP contribution is -2.16. The topological polar surface area (TPSA) is 65.4 Å². The van der Waals surface area contributed by atoms with E-state index in [9.17, 15) is 4.79 Å². The summed E-state index contributed by atoms with van der Waals surface area (Å²) in [5, 5.41) is 10.7. The molecule has 0 spiro atoms. The number of ether oxygens (including phenoxy) is 1. The van der Waals surface area contributed by atoms with Crippen LogP contribution in [0.3, 0.4) is 0 Å². The third kappa shape index (κ3) is 5.60. The van der Waals surface area contributed by atoms with E-state index < -0.39 is 0 Å². The van der Waals surface area contributed by atoms with E-state index in [0.29, 0.717) is 0 Å². The van der Waals surface area contributed by atoms with Crippen LogP contribution < -0.4 is 10.2 Å². The van der Waals surface area contributed by atoms with Gasteiger partial charge < -0.3 is 20.4 Å². The molecule has 0 amide bonds. The molecule has 5 nitrogen and oxygen atoms in total. The van der Waals surface area contributed by atoms with Crippen molar-refractivity contribution in [1.29, 1.82) is 5.41 Å². The first kappa shape index (κ1) is 21.8. The van der Waals surface area contributed by atoms with Crippen LogP contribution in [-0.2, 0) is 16.1 Å². The van der Waals surface area contributed by atoms with Crippen molar-refractivity contribution in [1.82, 2.24) is 0 Å². The highest BCUT2D eigenvalue weighted by Crippen LogP contribution is 2.25. The lowest BCUT2D eigenvalue weighted by molar-refractivity contribution is -0.134. The van der Waals surface area contributed by atoms with Gasteiger partial charge in [0.2, 0.25) is 0 Å². The summed E-state index contributed by atoms with van der Waals surface area (Å²) in [7, 11) is 5.27. The second-order valence-corrected chi connectivity index (χ2v) is 7.20. The number of nitrogens with one attached hydrogen (secondary N) is 2. The third-order valence-corrected chi connectivity index (χ3v) is 5.11. The first-order chi connectivity index (χ1) is 15.0. The summed E-state index contributed by atoms with van der Waals surface area (Å²) in [4.78, 5) is 13.5. The number of benzene rings is 3. The van der Waals surface area contributed by atoms with E-state index >= 15 is 0 Å². The summed E-state index contributed by atoms with van der Waals surface area (Å²) in [6, 6.07) is 22.6. The van der Waals surface area contributed by atoms with E-state index in [-0.39, 0.29) is 5.97 Å². The zero-order valence-corrected chi connectivity index (χ0v) is 18.1. The summed E-state index contributed by atoms with van der Waals surface area (Å²) in [6.45, 7) is 0.759. The molecule has 0 fully saturated rings. The van der Waals surface area contributed by atoms with Gasteiger partial charge in [0.25, 0.3) is 0 Å². The van der Waals surface area contributed by atoms with Gasteiger partial charge in [0.15, 0.2) is 0 Å². The van der Waals surface area contributed by atoms with Gasteiger partial charge in [-0.1, -0.05) is 42.5 Å². The largest absolute Gasteiger partial charge is 0.466 e. The molecule has 0 heterocycles. The Balaban J connectivity index is 1.72. The fourth-order valence-corrected chi connectivity index (χ4v) is 3.36. The Labute approximate surface area is 183 Å². The highest BCUT2D eigenvalue weighted by molar-refractivity contribution is 5.88. The minimum Gasteiger partial charge on any atom is -0.466 e. The lowest BCUT2D eigenvalue weighted by Gasteiger charge is -2.20. The summed E-state index contributed by atoms with van der Waals surface area (Å²) in [5.41, 5.74) is 7.22. The average molecular weight is 414 g/mol. The molecule has 0 aliphatic carbocycles. The van der Waals surface area contributed by atoms with E-state index in [1.807, 2.05) is 50.5 Å². The summed E-state index contributed by atoms with van der Waals surface area (Å²) < 4.78 is 4.64. The fourth-order valence-electron chi connectivity index (χ4n) is 3.36. The van der Waals surface area contributed by atoms with E-state index in [4.69, 9.17) is 5.41 Å². The number of nitrogens with zero attached hydrogens (tertiary/aromatic N) is 1. The monoisotopic (exact) mass is 413 g/mol. The Morgan fingerprint density at radius 3 is 2.48 bits per heavy atom. The van der Waals surface area contributed by atoms with Crippen LogP contribution in [0.15, 0.2) is 72.8 Å². The van der Waals surface area contributed by atoms with Gasteiger partial charge in [0.05, 0.1) is 7.11 Å². The maximum atomic E-state index is 11.3. The molecule has 3 aromatic carbocycles. The first-order valence-corrected chi connectivity index (χ1v) is 10.0. The van der Waals surface area contributed by atoms with Crippen molar-refractivity contribution >= 4 is 29.6 Å². The maximum Gasteiger partial charge on any atom is 0.330 e. The smallest absolute Gasteiger partial charge is 0.330 e. The molecule has 31 heavy (non-hydrogen) atoms. The lowest BCUT2D eigenvalue weighted by atomic mass is 10.0. The van der Waals surface area contributed by atoms with Crippen LogP contribution in [-0.4, -0.2) is 33.4 Å². The van der Waals surface area contributed by atoms with Gasteiger partial charge in [-0.25, -0.2) is 4.79 Å². The average Bonchev–Trinajstić information content (AvgIpc) is 2.82. The van der Waals surface area contributed by atoms with Crippen LogP contribution in [0.4, 0.5) is 11.4 Å². The van der Waals surface area contributed by atoms with E-state index in [1.54, 1.807) is 6.08 Å². The molecule has 0 atom stereocenters. The maximum absolute atomic E-state index is 11.3. The predicted octanol–water partition coefficient (Wildman–Crippen LogP) is 5.22. The van der Waals surface area contributed by atoms with Gasteiger partial charge in [-0.2, -0.15) is 0 Å². The Hall–Kier alpha value is -3.86. The molecule has 3 aromatic rings. The van der Waals surface area contributed by atoms with Gasteiger partial charge in [0, 0.05) is 49.9 Å². The molecule has 158 valence electrons. The minimum atomic E-state index is -0.368. The number of anilines is 2. The summed E-state index contributed by atoms with van der Waals surface area (Å²) in [6.07, 6.45) is 4.54. The second-order valence-electron chi connectivity index (χ2n) is 7.20. The van der Waals surface area contributed by atoms with Crippen molar-refractivity contribution in [3.63, 3.8) is 0 Å². The molecule has 3 rings (SSSR count). The van der Waals surface area contributed by atoms with Crippen molar-refractivity contribution in [3.8, 4) is 11.1 Å². The molecule has 0 saturated heterocycles. The summed E-state index contributed by atoms with van der Waals surface area (Å²) >= 11 is 0. The van der Waals surface area contributed by atoms with Gasteiger partial charge in [-0.3, -0.25) is 0 Å². The van der Waals surface area contributed by atoms with Crippen LogP contribution in [0.1, 0.15) is 16.7 Å². The molecule has 5 heteroatoms. The quantitative estimate of drug-likeness (QED) is 0.302. The summed E-state index contributed by atoms with van der Waals surface area (Å²) in [5.74, 6) is -0.368. The van der Waals surface area contributed by atoms with Crippen LogP contribution in [0.25, 0.3) is 17.2 Å². The molecule has 0 aliphatic heterocycles. The minimum absolute atomic E-state index is 0.368. The van der Waals surface area contributed by atoms with E-state index in [2.05, 4.69) is 45.3 Å². The standard InChI is InChI=1S/C26H27N3O2/c1-28-25-13-12-22(16-23(25)17-27)21-10-7-20(8-11-21)18-29(2)24-6-4-5-19(15-24)9-14-26(30)31-3/h4-17,27-28H,18H2,1-3H3/b14-9+,27-17?. The molecule has 0 aliphatic rings. The number of methoxy groups -OCH3 is 1. The van der Waals surface area contributed by atoms with Gasteiger partial charge in [-0.15, -0.1) is 0 Å². The van der Waals surface area contributed by atoms with Crippen molar-refractivity contribution in [2.24, 2.45) is 0 Å². The van der Waals surface area contributed by atoms with Crippen molar-refractivity contribution < 1.29 is 9.53 Å². The highest BCUT2D eigenvalue weighted by Gasteiger charge is 2.06. The third-order valence-electron chi connectivity index (χ3n) is 5.11. The zero-order chi connectivity index (χ0) is 22.2. The van der Waals surface area contributed by atoms with Gasteiger partial charge >= 0.3 is 5.97 Å². The number of rotatable bonds is 8. The van der Waals surface area contributed by atoms with Crippen molar-refractivity contribution in [2.45, 2.75) is 6.54 Å². The highest BCUT2D eigenvalue weighted by atomic mass is 16.5. The van der Waals surface area contributed by atoms with E-state index in [0.717, 1.165) is 40.2 Å². The number of carbonyl (C=O) groups excluding carboxylic acids is 1. The Bertz CT molecular complexity index is 1090. The van der Waals surface area contributed by atoms with Crippen molar-refractivity contribution in [3.05, 3.63) is 89.5 Å². The molecule has 0 aromatic heterocycles. The van der Waals surface area contributed by atoms with Gasteiger partial charge in [-0.05, 0) is 52.6 Å². The Morgan fingerprint density at radius 2 is 1.81 bits per heavy atom. The molecule has 0 bridgehead atoms. The van der Waals surface area contributed by atoms with E-state index in [1.165, 1.54) is 25.0 Å². The number of carbonyl (C=O) groups is 1. The molecular weight excluding hydrogens is 386 g/mol. The van der Waals surface area contributed by atoms with Crippen LogP contribution in [0.2, 0.25) is 0 Å². The molecule has 0 unspecified atom stereocenters. The fraction of sp³-hybridized carbons (Fsp3) is 0.154. The normalized spacial score (nSPS) is 10.7. The molecule has 2 N–H and O–H groups in total. The SMILES string of the molecule is CNc1ccc(-c2ccc(CN(C)c3cccc(/C=C/C(=O)OC)c3)cc2)cc1C=N. The number of hydrogen-bond donors (Lipinski definition) is 2. The predicted molar refractivity (Wildman–Crippen MR) is 129 cm³/mol. The van der Waals surface area contributed by atoms with Crippen molar-refractivity contribution in [2.75, 3.05) is 31.4 Å².